The lowest BCUT2D eigenvalue weighted by molar-refractivity contribution is -0.231. The normalized spacial score (nSPS) is 31.1. The molecule has 4 atom stereocenters. The van der Waals surface area contributed by atoms with E-state index >= 15 is 0 Å². The highest BCUT2D eigenvalue weighted by Gasteiger charge is 2.54. The van der Waals surface area contributed by atoms with E-state index in [4.69, 9.17) is 23.7 Å². The van der Waals surface area contributed by atoms with Gasteiger partial charge in [0.15, 0.2) is 18.0 Å². The van der Waals surface area contributed by atoms with E-state index in [9.17, 15) is 9.59 Å². The fourth-order valence-electron chi connectivity index (χ4n) is 2.86. The van der Waals surface area contributed by atoms with Crippen molar-refractivity contribution in [2.75, 3.05) is 6.61 Å². The molecule has 7 nitrogen and oxygen atoms in total. The molecule has 3 rings (SSSR count). The number of fused-ring (bicyclic) bond motifs is 1. The summed E-state index contributed by atoms with van der Waals surface area (Å²) >= 11 is 0. The quantitative estimate of drug-likeness (QED) is 0.776. The maximum absolute atomic E-state index is 12.2. The maximum atomic E-state index is 12.2. The molecule has 0 unspecified atom stereocenters. The Balaban J connectivity index is 1.73. The summed E-state index contributed by atoms with van der Waals surface area (Å²) in [7, 11) is 0. The van der Waals surface area contributed by atoms with Crippen molar-refractivity contribution in [2.45, 2.75) is 51.2 Å². The van der Waals surface area contributed by atoms with E-state index in [0.29, 0.717) is 5.56 Å². The third kappa shape index (κ3) is 3.58. The standard InChI is InChI=1S/C17H20O7/c1-10(18)21-12-9-20-16(14-13(12)23-17(2,3)24-14)22-15(19)11-7-5-4-6-8-11/h4-8,12-14,16H,9H2,1-3H3/t12-,13+,14+,16-/m0/s1. The molecule has 2 aliphatic rings. The van der Waals surface area contributed by atoms with Gasteiger partial charge in [-0.25, -0.2) is 4.79 Å². The smallest absolute Gasteiger partial charge is 0.340 e. The Bertz CT molecular complexity index is 613. The van der Waals surface area contributed by atoms with Crippen LogP contribution in [0.25, 0.3) is 0 Å². The summed E-state index contributed by atoms with van der Waals surface area (Å²) in [5.41, 5.74) is 0.415. The zero-order valence-corrected chi connectivity index (χ0v) is 13.8. The van der Waals surface area contributed by atoms with Gasteiger partial charge in [-0.15, -0.1) is 0 Å². The van der Waals surface area contributed by atoms with Gasteiger partial charge in [0.05, 0.1) is 12.2 Å². The molecule has 0 amide bonds. The summed E-state index contributed by atoms with van der Waals surface area (Å²) < 4.78 is 27.8. The summed E-state index contributed by atoms with van der Waals surface area (Å²) in [4.78, 5) is 23.5. The Morgan fingerprint density at radius 1 is 1.08 bits per heavy atom. The number of carbonyl (C=O) groups is 2. The highest BCUT2D eigenvalue weighted by atomic mass is 16.8. The van der Waals surface area contributed by atoms with Crippen LogP contribution >= 0.6 is 0 Å². The molecular formula is C17H20O7. The zero-order valence-electron chi connectivity index (χ0n) is 13.8. The molecule has 2 fully saturated rings. The highest BCUT2D eigenvalue weighted by Crippen LogP contribution is 2.37. The van der Waals surface area contributed by atoms with Gasteiger partial charge in [-0.1, -0.05) is 18.2 Å². The van der Waals surface area contributed by atoms with E-state index in [1.165, 1.54) is 6.92 Å². The van der Waals surface area contributed by atoms with Crippen molar-refractivity contribution >= 4 is 11.9 Å². The molecule has 7 heteroatoms. The van der Waals surface area contributed by atoms with Crippen LogP contribution in [-0.4, -0.2) is 48.9 Å². The minimum atomic E-state index is -0.934. The Labute approximate surface area is 139 Å². The van der Waals surface area contributed by atoms with Gasteiger partial charge in [0, 0.05) is 6.92 Å². The Hall–Kier alpha value is -1.96. The van der Waals surface area contributed by atoms with Crippen LogP contribution in [0.5, 0.6) is 0 Å². The first-order valence-electron chi connectivity index (χ1n) is 7.76. The van der Waals surface area contributed by atoms with Gasteiger partial charge in [-0.3, -0.25) is 4.79 Å². The fraction of sp³-hybridized carbons (Fsp3) is 0.529. The predicted molar refractivity (Wildman–Crippen MR) is 81.0 cm³/mol. The molecular weight excluding hydrogens is 316 g/mol. The van der Waals surface area contributed by atoms with E-state index in [0.717, 1.165) is 0 Å². The van der Waals surface area contributed by atoms with Gasteiger partial charge in [-0.05, 0) is 26.0 Å². The van der Waals surface area contributed by atoms with Crippen LogP contribution in [0, 0.1) is 0 Å². The summed E-state index contributed by atoms with van der Waals surface area (Å²) in [6.45, 7) is 4.86. The molecule has 0 N–H and O–H groups in total. The van der Waals surface area contributed by atoms with Crippen LogP contribution in [0.15, 0.2) is 30.3 Å². The lowest BCUT2D eigenvalue weighted by Crippen LogP contribution is -2.54. The second-order valence-corrected chi connectivity index (χ2v) is 6.19. The molecule has 1 aromatic carbocycles. The van der Waals surface area contributed by atoms with Gasteiger partial charge in [0.25, 0.3) is 0 Å². The first-order chi connectivity index (χ1) is 11.4. The number of rotatable bonds is 3. The second-order valence-electron chi connectivity index (χ2n) is 6.19. The van der Waals surface area contributed by atoms with Crippen molar-refractivity contribution in [1.82, 2.24) is 0 Å². The number of ether oxygens (including phenoxy) is 5. The summed E-state index contributed by atoms with van der Waals surface area (Å²) in [5, 5.41) is 0. The topological polar surface area (TPSA) is 80.3 Å². The Morgan fingerprint density at radius 2 is 1.75 bits per heavy atom. The lowest BCUT2D eigenvalue weighted by atomic mass is 10.1. The van der Waals surface area contributed by atoms with Crippen molar-refractivity contribution in [2.24, 2.45) is 0 Å². The molecule has 1 aromatic rings. The van der Waals surface area contributed by atoms with Crippen LogP contribution in [0.2, 0.25) is 0 Å². The van der Waals surface area contributed by atoms with Gasteiger partial charge in [0.1, 0.15) is 6.10 Å². The van der Waals surface area contributed by atoms with Crippen molar-refractivity contribution in [3.05, 3.63) is 35.9 Å². The summed E-state index contributed by atoms with van der Waals surface area (Å²) in [6.07, 6.45) is -2.78. The molecule has 0 aromatic heterocycles. The summed E-state index contributed by atoms with van der Waals surface area (Å²) in [6, 6.07) is 8.61. The van der Waals surface area contributed by atoms with E-state index in [2.05, 4.69) is 0 Å². The van der Waals surface area contributed by atoms with Crippen molar-refractivity contribution in [3.8, 4) is 0 Å². The third-order valence-electron chi connectivity index (χ3n) is 3.77. The number of hydrogen-bond donors (Lipinski definition) is 0. The maximum Gasteiger partial charge on any atom is 0.340 e. The van der Waals surface area contributed by atoms with Crippen molar-refractivity contribution < 1.29 is 33.3 Å². The van der Waals surface area contributed by atoms with E-state index < -0.39 is 42.3 Å². The molecule has 2 heterocycles. The van der Waals surface area contributed by atoms with Crippen LogP contribution in [0.4, 0.5) is 0 Å². The lowest BCUT2D eigenvalue weighted by Gasteiger charge is -2.35. The minimum Gasteiger partial charge on any atom is -0.457 e. The molecule has 2 saturated heterocycles. The number of benzene rings is 1. The molecule has 24 heavy (non-hydrogen) atoms. The number of esters is 2. The molecule has 0 bridgehead atoms. The van der Waals surface area contributed by atoms with Crippen LogP contribution < -0.4 is 0 Å². The van der Waals surface area contributed by atoms with Crippen LogP contribution in [0.1, 0.15) is 31.1 Å². The van der Waals surface area contributed by atoms with Crippen LogP contribution in [0.3, 0.4) is 0 Å². The molecule has 2 aliphatic heterocycles. The summed E-state index contributed by atoms with van der Waals surface area (Å²) in [5.74, 6) is -1.84. The molecule has 130 valence electrons. The van der Waals surface area contributed by atoms with E-state index in [1.54, 1.807) is 38.1 Å². The number of hydrogen-bond acceptors (Lipinski definition) is 7. The fourth-order valence-corrected chi connectivity index (χ4v) is 2.86. The van der Waals surface area contributed by atoms with Gasteiger partial charge in [0.2, 0.25) is 6.29 Å². The van der Waals surface area contributed by atoms with E-state index in [1.807, 2.05) is 6.07 Å². The highest BCUT2D eigenvalue weighted by molar-refractivity contribution is 5.89. The molecule has 0 radical (unpaired) electrons. The van der Waals surface area contributed by atoms with E-state index in [-0.39, 0.29) is 6.61 Å². The van der Waals surface area contributed by atoms with Gasteiger partial charge < -0.3 is 23.7 Å². The second kappa shape index (κ2) is 6.51. The Kier molecular flexibility index (Phi) is 4.58. The zero-order chi connectivity index (χ0) is 17.3. The monoisotopic (exact) mass is 336 g/mol. The van der Waals surface area contributed by atoms with Crippen molar-refractivity contribution in [1.29, 1.82) is 0 Å². The largest absolute Gasteiger partial charge is 0.457 e. The van der Waals surface area contributed by atoms with Crippen LogP contribution in [-0.2, 0) is 28.5 Å². The molecule has 0 aliphatic carbocycles. The SMILES string of the molecule is CC(=O)O[C@H]1CO[C@@H](OC(=O)c2ccccc2)[C@@H]2OC(C)(C)O[C@@H]21. The number of carbonyl (C=O) groups excluding carboxylic acids is 2. The molecule has 0 spiro atoms. The minimum absolute atomic E-state index is 0.0624. The average Bonchev–Trinajstić information content (AvgIpc) is 2.86. The predicted octanol–water partition coefficient (Wildman–Crippen LogP) is 1.65. The first kappa shape index (κ1) is 16.9. The first-order valence-corrected chi connectivity index (χ1v) is 7.76. The Morgan fingerprint density at radius 3 is 2.42 bits per heavy atom. The van der Waals surface area contributed by atoms with Gasteiger partial charge in [-0.2, -0.15) is 0 Å². The average molecular weight is 336 g/mol. The van der Waals surface area contributed by atoms with Gasteiger partial charge >= 0.3 is 11.9 Å². The third-order valence-corrected chi connectivity index (χ3v) is 3.77. The van der Waals surface area contributed by atoms with Crippen molar-refractivity contribution in [3.63, 3.8) is 0 Å². The molecule has 0 saturated carbocycles.